The van der Waals surface area contributed by atoms with Crippen LogP contribution in [-0.4, -0.2) is 53.3 Å². The Morgan fingerprint density at radius 2 is 2.27 bits per heavy atom. The van der Waals surface area contributed by atoms with Crippen LogP contribution in [0.1, 0.15) is 24.8 Å². The summed E-state index contributed by atoms with van der Waals surface area (Å²) in [6.07, 6.45) is 6.26. The van der Waals surface area contributed by atoms with Crippen molar-refractivity contribution in [3.8, 4) is 5.88 Å². The summed E-state index contributed by atoms with van der Waals surface area (Å²) >= 11 is 2.12. The summed E-state index contributed by atoms with van der Waals surface area (Å²) < 4.78 is 11.9. The number of hydrogen-bond acceptors (Lipinski definition) is 5. The lowest BCUT2D eigenvalue weighted by atomic mass is 9.92. The van der Waals surface area contributed by atoms with Crippen LogP contribution in [-0.2, 0) is 11.3 Å². The van der Waals surface area contributed by atoms with Crippen molar-refractivity contribution in [2.45, 2.75) is 36.7 Å². The molecule has 120 valence electrons. The molecule has 0 aromatic carbocycles. The quantitative estimate of drug-likeness (QED) is 0.805. The first-order valence-electron chi connectivity index (χ1n) is 8.22. The second-order valence-electron chi connectivity index (χ2n) is 6.91. The van der Waals surface area contributed by atoms with Gasteiger partial charge in [-0.1, -0.05) is 6.07 Å². The van der Waals surface area contributed by atoms with Crippen LogP contribution < -0.4 is 4.74 Å². The van der Waals surface area contributed by atoms with Crippen LogP contribution in [0.25, 0.3) is 0 Å². The minimum Gasteiger partial charge on any atom is -0.481 e. The molecule has 4 nitrogen and oxygen atoms in total. The molecule has 0 radical (unpaired) electrons. The second-order valence-corrected chi connectivity index (χ2v) is 8.40. The number of likely N-dealkylation sites (tertiary alicyclic amines) is 1. The molecule has 4 rings (SSSR count). The Morgan fingerprint density at radius 1 is 1.41 bits per heavy atom. The third-order valence-electron chi connectivity index (χ3n) is 4.90. The van der Waals surface area contributed by atoms with Gasteiger partial charge in [0.05, 0.1) is 13.2 Å². The Balaban J connectivity index is 1.27. The predicted molar refractivity (Wildman–Crippen MR) is 88.3 cm³/mol. The molecule has 3 heterocycles. The molecule has 1 aromatic heterocycles. The molecular weight excluding hydrogens is 296 g/mol. The molecule has 5 heteroatoms. The highest BCUT2D eigenvalue weighted by atomic mass is 32.2. The minimum absolute atomic E-state index is 0.448. The third-order valence-corrected chi connectivity index (χ3v) is 6.48. The van der Waals surface area contributed by atoms with E-state index >= 15 is 0 Å². The van der Waals surface area contributed by atoms with Crippen LogP contribution in [0.15, 0.2) is 18.3 Å². The maximum absolute atomic E-state index is 6.08. The fourth-order valence-electron chi connectivity index (χ4n) is 3.54. The van der Waals surface area contributed by atoms with Crippen molar-refractivity contribution >= 4 is 11.8 Å². The molecule has 1 spiro atoms. The maximum atomic E-state index is 6.08. The Labute approximate surface area is 136 Å². The molecule has 1 atom stereocenters. The zero-order valence-corrected chi connectivity index (χ0v) is 14.0. The topological polar surface area (TPSA) is 34.6 Å². The summed E-state index contributed by atoms with van der Waals surface area (Å²) in [7, 11) is 1.69. The monoisotopic (exact) mass is 320 g/mol. The van der Waals surface area contributed by atoms with E-state index in [1.54, 1.807) is 13.3 Å². The van der Waals surface area contributed by atoms with Crippen LogP contribution in [0.3, 0.4) is 0 Å². The lowest BCUT2D eigenvalue weighted by Gasteiger charge is -2.47. The summed E-state index contributed by atoms with van der Waals surface area (Å²) in [5.74, 6) is 2.81. The Hall–Kier alpha value is -0.780. The Bertz CT molecular complexity index is 529. The summed E-state index contributed by atoms with van der Waals surface area (Å²) in [6.45, 7) is 4.27. The van der Waals surface area contributed by atoms with Crippen molar-refractivity contribution in [2.24, 2.45) is 5.92 Å². The molecule has 0 N–H and O–H groups in total. The van der Waals surface area contributed by atoms with Gasteiger partial charge in [0.2, 0.25) is 5.88 Å². The van der Waals surface area contributed by atoms with Gasteiger partial charge in [-0.2, -0.15) is 0 Å². The molecule has 1 aliphatic carbocycles. The fourth-order valence-corrected chi connectivity index (χ4v) is 5.14. The highest BCUT2D eigenvalue weighted by Crippen LogP contribution is 2.47. The Morgan fingerprint density at radius 3 is 3.05 bits per heavy atom. The standard InChI is InChI=1S/C17H24N2O2S/c1-20-16-14(3-2-6-18-16)8-19-11-17(12-19)7-15(10-22-17)21-9-13-4-5-13/h2-3,6,13,15H,4-5,7-12H2,1H3. The first kappa shape index (κ1) is 14.8. The zero-order chi connectivity index (χ0) is 15.0. The van der Waals surface area contributed by atoms with E-state index in [0.29, 0.717) is 10.9 Å². The van der Waals surface area contributed by atoms with Crippen molar-refractivity contribution in [3.63, 3.8) is 0 Å². The number of ether oxygens (including phenoxy) is 2. The third kappa shape index (κ3) is 3.12. The smallest absolute Gasteiger partial charge is 0.217 e. The average Bonchev–Trinajstić information content (AvgIpc) is 3.24. The molecule has 0 bridgehead atoms. The summed E-state index contributed by atoms with van der Waals surface area (Å²) in [6, 6.07) is 4.10. The van der Waals surface area contributed by atoms with Crippen LogP contribution in [0, 0.1) is 5.92 Å². The van der Waals surface area contributed by atoms with E-state index in [9.17, 15) is 0 Å². The number of hydrogen-bond donors (Lipinski definition) is 0. The Kier molecular flexibility index (Phi) is 4.05. The fraction of sp³-hybridized carbons (Fsp3) is 0.706. The summed E-state index contributed by atoms with van der Waals surface area (Å²) in [5, 5.41) is 0. The van der Waals surface area contributed by atoms with Gasteiger partial charge >= 0.3 is 0 Å². The van der Waals surface area contributed by atoms with E-state index in [1.165, 1.54) is 43.7 Å². The van der Waals surface area contributed by atoms with Crippen LogP contribution in [0.5, 0.6) is 5.88 Å². The van der Waals surface area contributed by atoms with Gasteiger partial charge in [0.15, 0.2) is 0 Å². The highest BCUT2D eigenvalue weighted by molar-refractivity contribution is 8.01. The van der Waals surface area contributed by atoms with Crippen LogP contribution in [0.4, 0.5) is 0 Å². The number of aromatic nitrogens is 1. The molecule has 0 amide bonds. The molecular formula is C17H24N2O2S. The number of nitrogens with zero attached hydrogens (tertiary/aromatic N) is 2. The number of thioether (sulfide) groups is 1. The van der Waals surface area contributed by atoms with Crippen LogP contribution >= 0.6 is 11.8 Å². The zero-order valence-electron chi connectivity index (χ0n) is 13.2. The number of rotatable bonds is 6. The van der Waals surface area contributed by atoms with E-state index in [-0.39, 0.29) is 0 Å². The lowest BCUT2D eigenvalue weighted by molar-refractivity contribution is 0.0303. The first-order valence-corrected chi connectivity index (χ1v) is 9.21. The van der Waals surface area contributed by atoms with E-state index in [1.807, 2.05) is 6.07 Å². The molecule has 3 aliphatic rings. The summed E-state index contributed by atoms with van der Waals surface area (Å²) in [5.41, 5.74) is 1.18. The average molecular weight is 320 g/mol. The van der Waals surface area contributed by atoms with Gasteiger partial charge in [0.1, 0.15) is 0 Å². The molecule has 1 aromatic rings. The minimum atomic E-state index is 0.448. The van der Waals surface area contributed by atoms with Crippen molar-refractivity contribution in [1.29, 1.82) is 0 Å². The molecule has 1 unspecified atom stereocenters. The number of pyridine rings is 1. The van der Waals surface area contributed by atoms with Crippen molar-refractivity contribution in [3.05, 3.63) is 23.9 Å². The largest absolute Gasteiger partial charge is 0.481 e. The van der Waals surface area contributed by atoms with Gasteiger partial charge < -0.3 is 9.47 Å². The van der Waals surface area contributed by atoms with Gasteiger partial charge in [0.25, 0.3) is 0 Å². The lowest BCUT2D eigenvalue weighted by Crippen LogP contribution is -2.58. The van der Waals surface area contributed by atoms with E-state index in [4.69, 9.17) is 9.47 Å². The highest BCUT2D eigenvalue weighted by Gasteiger charge is 2.49. The summed E-state index contributed by atoms with van der Waals surface area (Å²) in [4.78, 5) is 6.78. The van der Waals surface area contributed by atoms with Gasteiger partial charge in [-0.25, -0.2) is 4.98 Å². The molecule has 1 saturated carbocycles. The molecule has 2 aliphatic heterocycles. The van der Waals surface area contributed by atoms with E-state index < -0.39 is 0 Å². The molecule has 2 saturated heterocycles. The normalized spacial score (nSPS) is 27.0. The molecule has 3 fully saturated rings. The van der Waals surface area contributed by atoms with Gasteiger partial charge in [0, 0.05) is 48.5 Å². The maximum Gasteiger partial charge on any atom is 0.217 e. The van der Waals surface area contributed by atoms with Crippen molar-refractivity contribution in [1.82, 2.24) is 9.88 Å². The SMILES string of the molecule is COc1ncccc1CN1CC2(CC(OCC3CC3)CS2)C1. The molecule has 22 heavy (non-hydrogen) atoms. The second kappa shape index (κ2) is 6.02. The predicted octanol–water partition coefficient (Wildman–Crippen LogP) is 2.58. The first-order chi connectivity index (χ1) is 10.8. The van der Waals surface area contributed by atoms with Crippen LogP contribution in [0.2, 0.25) is 0 Å². The van der Waals surface area contributed by atoms with Gasteiger partial charge in [-0.3, -0.25) is 4.90 Å². The van der Waals surface area contributed by atoms with Gasteiger partial charge in [-0.05, 0) is 31.2 Å². The van der Waals surface area contributed by atoms with E-state index in [2.05, 4.69) is 27.7 Å². The van der Waals surface area contributed by atoms with Crippen molar-refractivity contribution < 1.29 is 9.47 Å². The number of methoxy groups -OCH3 is 1. The van der Waals surface area contributed by atoms with Crippen molar-refractivity contribution in [2.75, 3.05) is 32.6 Å². The van der Waals surface area contributed by atoms with Gasteiger partial charge in [-0.15, -0.1) is 11.8 Å². The van der Waals surface area contributed by atoms with E-state index in [0.717, 1.165) is 24.9 Å².